The number of hydrogen-bond acceptors (Lipinski definition) is 7. The zero-order valence-electron chi connectivity index (χ0n) is 13.9. The number of rotatable bonds is 7. The van der Waals surface area contributed by atoms with Gasteiger partial charge in [-0.15, -0.1) is 10.2 Å². The second-order valence-corrected chi connectivity index (χ2v) is 7.52. The highest BCUT2D eigenvalue weighted by molar-refractivity contribution is 8.00. The molecule has 1 aromatic heterocycles. The molecule has 0 atom stereocenters. The van der Waals surface area contributed by atoms with Gasteiger partial charge in [0, 0.05) is 24.0 Å². The van der Waals surface area contributed by atoms with Gasteiger partial charge in [0.1, 0.15) is 0 Å². The second kappa shape index (κ2) is 9.06. The van der Waals surface area contributed by atoms with Crippen LogP contribution in [0.3, 0.4) is 0 Å². The molecule has 0 fully saturated rings. The Morgan fingerprint density at radius 2 is 2.00 bits per heavy atom. The summed E-state index contributed by atoms with van der Waals surface area (Å²) in [4.78, 5) is 22.3. The number of anilines is 1. The van der Waals surface area contributed by atoms with Gasteiger partial charge in [0.2, 0.25) is 11.0 Å². The number of nitro groups is 1. The van der Waals surface area contributed by atoms with Gasteiger partial charge < -0.3 is 0 Å². The lowest BCUT2D eigenvalue weighted by molar-refractivity contribution is -0.384. The van der Waals surface area contributed by atoms with Gasteiger partial charge in [-0.05, 0) is 17.2 Å². The van der Waals surface area contributed by atoms with Crippen molar-refractivity contribution in [1.29, 1.82) is 0 Å². The third-order valence-corrected chi connectivity index (χ3v) is 5.39. The van der Waals surface area contributed by atoms with Crippen molar-refractivity contribution >= 4 is 45.9 Å². The van der Waals surface area contributed by atoms with Crippen LogP contribution in [0.25, 0.3) is 6.08 Å². The van der Waals surface area contributed by atoms with Crippen LogP contribution in [0.1, 0.15) is 11.1 Å². The minimum atomic E-state index is -0.479. The summed E-state index contributed by atoms with van der Waals surface area (Å²) in [6.45, 7) is 0. The topological polar surface area (TPSA) is 98.0 Å². The summed E-state index contributed by atoms with van der Waals surface area (Å²) >= 11 is 2.84. The van der Waals surface area contributed by atoms with Crippen LogP contribution in [0.15, 0.2) is 65.0 Å². The van der Waals surface area contributed by atoms with Gasteiger partial charge in [0.25, 0.3) is 5.69 Å². The fourth-order valence-corrected chi connectivity index (χ4v) is 3.81. The number of non-ortho nitro benzene ring substituents is 1. The van der Waals surface area contributed by atoms with Crippen molar-refractivity contribution in [3.63, 3.8) is 0 Å². The van der Waals surface area contributed by atoms with Crippen LogP contribution in [0.4, 0.5) is 10.8 Å². The monoisotopic (exact) mass is 398 g/mol. The van der Waals surface area contributed by atoms with Gasteiger partial charge >= 0.3 is 0 Å². The smallest absolute Gasteiger partial charge is 0.270 e. The molecule has 1 heterocycles. The van der Waals surface area contributed by atoms with Crippen LogP contribution in [-0.4, -0.2) is 21.0 Å². The fraction of sp³-hybridized carbons (Fsp3) is 0.0556. The molecule has 0 spiro atoms. The number of benzene rings is 2. The van der Waals surface area contributed by atoms with Crippen LogP contribution in [0.2, 0.25) is 0 Å². The highest BCUT2D eigenvalue weighted by Crippen LogP contribution is 2.28. The molecule has 0 aliphatic carbocycles. The van der Waals surface area contributed by atoms with Crippen LogP contribution < -0.4 is 5.32 Å². The minimum Gasteiger partial charge on any atom is -0.297 e. The van der Waals surface area contributed by atoms with E-state index in [1.165, 1.54) is 41.2 Å². The average molecular weight is 398 g/mol. The van der Waals surface area contributed by atoms with E-state index in [2.05, 4.69) is 15.5 Å². The predicted octanol–water partition coefficient (Wildman–Crippen LogP) is 4.39. The van der Waals surface area contributed by atoms with Crippen molar-refractivity contribution < 1.29 is 9.72 Å². The molecule has 0 saturated carbocycles. The Hall–Kier alpha value is -3.04. The first-order valence-corrected chi connectivity index (χ1v) is 9.64. The first-order chi connectivity index (χ1) is 13.1. The highest BCUT2D eigenvalue weighted by Gasteiger charge is 2.08. The maximum absolute atomic E-state index is 12.0. The summed E-state index contributed by atoms with van der Waals surface area (Å²) in [6.07, 6.45) is 2.81. The number of amides is 1. The Balaban J connectivity index is 1.54. The van der Waals surface area contributed by atoms with E-state index in [1.807, 2.05) is 30.3 Å². The zero-order chi connectivity index (χ0) is 19.1. The number of nitrogens with one attached hydrogen (secondary N) is 1. The molecule has 3 rings (SSSR count). The van der Waals surface area contributed by atoms with Crippen molar-refractivity contribution in [1.82, 2.24) is 10.2 Å². The van der Waals surface area contributed by atoms with Crippen molar-refractivity contribution in [3.05, 3.63) is 81.9 Å². The molecule has 1 amide bonds. The number of hydrogen-bond donors (Lipinski definition) is 1. The Morgan fingerprint density at radius 3 is 2.78 bits per heavy atom. The average Bonchev–Trinajstić information content (AvgIpc) is 3.13. The van der Waals surface area contributed by atoms with E-state index in [4.69, 9.17) is 0 Å². The fourth-order valence-electron chi connectivity index (χ4n) is 2.10. The Labute approximate surface area is 163 Å². The minimum absolute atomic E-state index is 0.0261. The number of nitro benzene ring substituents is 1. The molecule has 3 aromatic rings. The molecular weight excluding hydrogens is 384 g/mol. The second-order valence-electron chi connectivity index (χ2n) is 5.32. The predicted molar refractivity (Wildman–Crippen MR) is 107 cm³/mol. The summed E-state index contributed by atoms with van der Waals surface area (Å²) in [5.74, 6) is 0.396. The van der Waals surface area contributed by atoms with Gasteiger partial charge in [-0.3, -0.25) is 20.2 Å². The van der Waals surface area contributed by atoms with Crippen LogP contribution in [0.5, 0.6) is 0 Å². The van der Waals surface area contributed by atoms with Gasteiger partial charge in [0.05, 0.1) is 4.92 Å². The standard InChI is InChI=1S/C18H14N4O3S2/c23-16(10-9-13-7-4-8-15(11-13)22(24)25)19-17-20-21-18(27-17)26-12-14-5-2-1-3-6-14/h1-11H,12H2,(H,19,20,23)/b10-9+. The molecule has 0 aliphatic heterocycles. The Kier molecular flexibility index (Phi) is 6.29. The molecule has 0 saturated heterocycles. The van der Waals surface area contributed by atoms with E-state index in [-0.39, 0.29) is 11.6 Å². The molecule has 0 radical (unpaired) electrons. The molecule has 0 bridgehead atoms. The van der Waals surface area contributed by atoms with Crippen molar-refractivity contribution in [2.75, 3.05) is 5.32 Å². The lowest BCUT2D eigenvalue weighted by Crippen LogP contribution is -2.07. The van der Waals surface area contributed by atoms with Gasteiger partial charge in [-0.25, -0.2) is 0 Å². The van der Waals surface area contributed by atoms with E-state index in [9.17, 15) is 14.9 Å². The third-order valence-electron chi connectivity index (χ3n) is 3.35. The first kappa shape index (κ1) is 18.7. The lowest BCUT2D eigenvalue weighted by atomic mass is 10.2. The molecule has 27 heavy (non-hydrogen) atoms. The summed E-state index contributed by atoms with van der Waals surface area (Å²) in [5, 5.41) is 21.8. The molecular formula is C18H14N4O3S2. The van der Waals surface area contributed by atoms with Crippen LogP contribution >= 0.6 is 23.1 Å². The van der Waals surface area contributed by atoms with Crippen molar-refractivity contribution in [3.8, 4) is 0 Å². The molecule has 9 heteroatoms. The van der Waals surface area contributed by atoms with Crippen molar-refractivity contribution in [2.24, 2.45) is 0 Å². The third kappa shape index (κ3) is 5.73. The van der Waals surface area contributed by atoms with E-state index in [0.717, 1.165) is 10.1 Å². The SMILES string of the molecule is O=C(/C=C/c1cccc([N+](=O)[O-])c1)Nc1nnc(SCc2ccccc2)s1. The van der Waals surface area contributed by atoms with Crippen molar-refractivity contribution in [2.45, 2.75) is 10.1 Å². The molecule has 1 N–H and O–H groups in total. The summed E-state index contributed by atoms with van der Waals surface area (Å²) in [7, 11) is 0. The molecule has 7 nitrogen and oxygen atoms in total. The van der Waals surface area contributed by atoms with E-state index in [0.29, 0.717) is 10.7 Å². The number of aromatic nitrogens is 2. The summed E-state index contributed by atoms with van der Waals surface area (Å²) in [6, 6.07) is 16.0. The Bertz CT molecular complexity index is 974. The number of nitrogens with zero attached hydrogens (tertiary/aromatic N) is 3. The summed E-state index contributed by atoms with van der Waals surface area (Å²) in [5.41, 5.74) is 1.72. The number of carbonyl (C=O) groups is 1. The molecule has 136 valence electrons. The first-order valence-electron chi connectivity index (χ1n) is 7.84. The van der Waals surface area contributed by atoms with E-state index >= 15 is 0 Å². The molecule has 0 unspecified atom stereocenters. The van der Waals surface area contributed by atoms with Gasteiger partial charge in [0.15, 0.2) is 4.34 Å². The molecule has 2 aromatic carbocycles. The Morgan fingerprint density at radius 1 is 1.19 bits per heavy atom. The van der Waals surface area contributed by atoms with Crippen LogP contribution in [0, 0.1) is 10.1 Å². The molecule has 0 aliphatic rings. The van der Waals surface area contributed by atoms with E-state index < -0.39 is 4.92 Å². The number of carbonyl (C=O) groups excluding carboxylic acids is 1. The van der Waals surface area contributed by atoms with Gasteiger partial charge in [-0.1, -0.05) is 65.6 Å². The largest absolute Gasteiger partial charge is 0.297 e. The normalized spacial score (nSPS) is 10.8. The maximum atomic E-state index is 12.0. The highest BCUT2D eigenvalue weighted by atomic mass is 32.2. The quantitative estimate of drug-likeness (QED) is 0.208. The number of thioether (sulfide) groups is 1. The van der Waals surface area contributed by atoms with E-state index in [1.54, 1.807) is 23.9 Å². The van der Waals surface area contributed by atoms with Crippen LogP contribution in [-0.2, 0) is 10.5 Å². The van der Waals surface area contributed by atoms with Gasteiger partial charge in [-0.2, -0.15) is 0 Å². The lowest BCUT2D eigenvalue weighted by Gasteiger charge is -1.97. The summed E-state index contributed by atoms with van der Waals surface area (Å²) < 4.78 is 0.761. The zero-order valence-corrected chi connectivity index (χ0v) is 15.6. The maximum Gasteiger partial charge on any atom is 0.270 e.